The van der Waals surface area contributed by atoms with E-state index in [2.05, 4.69) is 0 Å². The van der Waals surface area contributed by atoms with Gasteiger partial charge in [0.2, 0.25) is 0 Å². The molecule has 2 aliphatic carbocycles. The van der Waals surface area contributed by atoms with Crippen LogP contribution in [0.3, 0.4) is 0 Å². The number of rotatable bonds is 3. The second kappa shape index (κ2) is 5.08. The molecule has 0 radical (unpaired) electrons. The Bertz CT molecular complexity index is 296. The van der Waals surface area contributed by atoms with E-state index in [1.54, 1.807) is 0 Å². The summed E-state index contributed by atoms with van der Waals surface area (Å²) in [5.41, 5.74) is -0.308. The minimum absolute atomic E-state index is 0.0271. The van der Waals surface area contributed by atoms with Gasteiger partial charge in [-0.05, 0) is 25.7 Å². The van der Waals surface area contributed by atoms with Crippen LogP contribution < -0.4 is 0 Å². The first-order valence-corrected chi connectivity index (χ1v) is 7.38. The average Bonchev–Trinajstić information content (AvgIpc) is 3.07. The number of hydrogen-bond acceptors (Lipinski definition) is 4. The van der Waals surface area contributed by atoms with Crippen LogP contribution in [0.5, 0.6) is 0 Å². The van der Waals surface area contributed by atoms with Gasteiger partial charge in [0, 0.05) is 0 Å². The van der Waals surface area contributed by atoms with Crippen molar-refractivity contribution in [1.82, 2.24) is 0 Å². The maximum atomic E-state index is 10.0. The first-order chi connectivity index (χ1) is 8.72. The monoisotopic (exact) mass is 256 g/mol. The molecule has 0 amide bonds. The van der Waals surface area contributed by atoms with Crippen molar-refractivity contribution in [3.8, 4) is 0 Å². The third-order valence-electron chi connectivity index (χ3n) is 4.84. The van der Waals surface area contributed by atoms with Crippen molar-refractivity contribution in [1.29, 1.82) is 0 Å². The number of aliphatic hydroxyl groups excluding tert-OH is 2. The Morgan fingerprint density at radius 2 is 1.83 bits per heavy atom. The lowest BCUT2D eigenvalue weighted by Crippen LogP contribution is -2.38. The lowest BCUT2D eigenvalue weighted by Gasteiger charge is -2.28. The average molecular weight is 256 g/mol. The number of hydrogen-bond donors (Lipinski definition) is 2. The standard InChI is InChI=1S/C14H24O4/c15-10-5-1-2-6-11(10)17-9-13-14(18-13)8-4-3-7-12(14)16/h10-13,15-16H,1-9H2. The molecule has 3 rings (SSSR count). The summed E-state index contributed by atoms with van der Waals surface area (Å²) in [5.74, 6) is 0. The summed E-state index contributed by atoms with van der Waals surface area (Å²) in [6.45, 7) is 0.527. The number of epoxide rings is 1. The van der Waals surface area contributed by atoms with Crippen molar-refractivity contribution in [3.63, 3.8) is 0 Å². The third kappa shape index (κ3) is 2.31. The van der Waals surface area contributed by atoms with Gasteiger partial charge in [0.1, 0.15) is 11.7 Å². The maximum Gasteiger partial charge on any atom is 0.123 e. The Morgan fingerprint density at radius 3 is 2.61 bits per heavy atom. The van der Waals surface area contributed by atoms with Crippen molar-refractivity contribution in [2.45, 2.75) is 81.4 Å². The quantitative estimate of drug-likeness (QED) is 0.749. The first kappa shape index (κ1) is 12.9. The minimum atomic E-state index is -0.323. The highest BCUT2D eigenvalue weighted by atomic mass is 16.6. The number of aliphatic hydroxyl groups is 2. The van der Waals surface area contributed by atoms with Crippen molar-refractivity contribution in [2.24, 2.45) is 0 Å². The Hall–Kier alpha value is -0.160. The number of ether oxygens (including phenoxy) is 2. The second-order valence-electron chi connectivity index (χ2n) is 6.05. The van der Waals surface area contributed by atoms with Crippen LogP contribution in [0.15, 0.2) is 0 Å². The van der Waals surface area contributed by atoms with Crippen LogP contribution in [0.1, 0.15) is 51.4 Å². The van der Waals surface area contributed by atoms with Gasteiger partial charge in [0.25, 0.3) is 0 Å². The van der Waals surface area contributed by atoms with Gasteiger partial charge < -0.3 is 19.7 Å². The lowest BCUT2D eigenvalue weighted by atomic mass is 9.84. The molecule has 0 aromatic rings. The molecular formula is C14H24O4. The highest BCUT2D eigenvalue weighted by molar-refractivity contribution is 5.09. The summed E-state index contributed by atoms with van der Waals surface area (Å²) in [5, 5.41) is 19.9. The van der Waals surface area contributed by atoms with Crippen molar-refractivity contribution in [3.05, 3.63) is 0 Å². The smallest absolute Gasteiger partial charge is 0.123 e. The van der Waals surface area contributed by atoms with Gasteiger partial charge in [-0.15, -0.1) is 0 Å². The highest BCUT2D eigenvalue weighted by Gasteiger charge is 2.61. The molecule has 0 aromatic heterocycles. The fourth-order valence-electron chi connectivity index (χ4n) is 3.55. The zero-order chi connectivity index (χ0) is 12.6. The molecule has 3 fully saturated rings. The summed E-state index contributed by atoms with van der Waals surface area (Å²) >= 11 is 0. The van der Waals surface area contributed by atoms with E-state index in [0.717, 1.165) is 51.4 Å². The summed E-state index contributed by atoms with van der Waals surface area (Å²) in [7, 11) is 0. The van der Waals surface area contributed by atoms with E-state index in [0.29, 0.717) is 6.61 Å². The van der Waals surface area contributed by atoms with Crippen molar-refractivity contribution >= 4 is 0 Å². The predicted octanol–water partition coefficient (Wildman–Crippen LogP) is 1.38. The molecule has 1 aliphatic heterocycles. The van der Waals surface area contributed by atoms with Crippen LogP contribution in [0.4, 0.5) is 0 Å². The van der Waals surface area contributed by atoms with Crippen LogP contribution in [-0.4, -0.2) is 46.8 Å². The van der Waals surface area contributed by atoms with E-state index in [-0.39, 0.29) is 30.0 Å². The van der Waals surface area contributed by atoms with Gasteiger partial charge in [0.15, 0.2) is 0 Å². The van der Waals surface area contributed by atoms with Crippen LogP contribution in [0.2, 0.25) is 0 Å². The maximum absolute atomic E-state index is 10.0. The molecule has 104 valence electrons. The molecule has 1 saturated heterocycles. The molecule has 18 heavy (non-hydrogen) atoms. The highest BCUT2D eigenvalue weighted by Crippen LogP contribution is 2.48. The molecule has 3 aliphatic rings. The van der Waals surface area contributed by atoms with Crippen molar-refractivity contribution < 1.29 is 19.7 Å². The molecule has 1 spiro atoms. The molecule has 2 saturated carbocycles. The molecular weight excluding hydrogens is 232 g/mol. The molecule has 1 heterocycles. The summed E-state index contributed by atoms with van der Waals surface area (Å²) in [6, 6.07) is 0. The van der Waals surface area contributed by atoms with Gasteiger partial charge in [-0.3, -0.25) is 0 Å². The normalized spacial score (nSPS) is 48.3. The SMILES string of the molecule is OC1CCCCC1OCC1OC12CCCCC2O. The van der Waals surface area contributed by atoms with Gasteiger partial charge >= 0.3 is 0 Å². The van der Waals surface area contributed by atoms with E-state index in [4.69, 9.17) is 9.47 Å². The van der Waals surface area contributed by atoms with Crippen LogP contribution in [-0.2, 0) is 9.47 Å². The molecule has 5 unspecified atom stereocenters. The van der Waals surface area contributed by atoms with Gasteiger partial charge in [0.05, 0.1) is 24.9 Å². The van der Waals surface area contributed by atoms with Gasteiger partial charge in [-0.25, -0.2) is 0 Å². The minimum Gasteiger partial charge on any atom is -0.390 e. The largest absolute Gasteiger partial charge is 0.390 e. The lowest BCUT2D eigenvalue weighted by molar-refractivity contribution is -0.0625. The Kier molecular flexibility index (Phi) is 3.63. The van der Waals surface area contributed by atoms with Gasteiger partial charge in [-0.2, -0.15) is 0 Å². The summed E-state index contributed by atoms with van der Waals surface area (Å²) in [4.78, 5) is 0. The molecule has 4 nitrogen and oxygen atoms in total. The Morgan fingerprint density at radius 1 is 1.06 bits per heavy atom. The first-order valence-electron chi connectivity index (χ1n) is 7.38. The molecule has 0 aromatic carbocycles. The molecule has 2 N–H and O–H groups in total. The Labute approximate surface area is 108 Å². The molecule has 0 bridgehead atoms. The fourth-order valence-corrected chi connectivity index (χ4v) is 3.55. The van der Waals surface area contributed by atoms with Crippen LogP contribution in [0.25, 0.3) is 0 Å². The van der Waals surface area contributed by atoms with E-state index < -0.39 is 0 Å². The van der Waals surface area contributed by atoms with E-state index >= 15 is 0 Å². The zero-order valence-corrected chi connectivity index (χ0v) is 10.9. The molecule has 4 heteroatoms. The van der Waals surface area contributed by atoms with Gasteiger partial charge in [-0.1, -0.05) is 25.7 Å². The zero-order valence-electron chi connectivity index (χ0n) is 10.9. The van der Waals surface area contributed by atoms with E-state index in [9.17, 15) is 10.2 Å². The van der Waals surface area contributed by atoms with Crippen molar-refractivity contribution in [2.75, 3.05) is 6.61 Å². The van der Waals surface area contributed by atoms with Crippen LogP contribution >= 0.6 is 0 Å². The second-order valence-corrected chi connectivity index (χ2v) is 6.05. The van der Waals surface area contributed by atoms with E-state index in [1.807, 2.05) is 0 Å². The fraction of sp³-hybridized carbons (Fsp3) is 1.00. The third-order valence-corrected chi connectivity index (χ3v) is 4.84. The van der Waals surface area contributed by atoms with E-state index in [1.165, 1.54) is 0 Å². The Balaban J connectivity index is 1.47. The summed E-state index contributed by atoms with van der Waals surface area (Å²) < 4.78 is 11.5. The topological polar surface area (TPSA) is 62.2 Å². The van der Waals surface area contributed by atoms with Crippen LogP contribution in [0, 0.1) is 0 Å². The molecule has 5 atom stereocenters. The summed E-state index contributed by atoms with van der Waals surface area (Å²) in [6.07, 6.45) is 7.46. The predicted molar refractivity (Wildman–Crippen MR) is 66.3 cm³/mol.